The summed E-state index contributed by atoms with van der Waals surface area (Å²) >= 11 is 0. The van der Waals surface area contributed by atoms with Gasteiger partial charge in [-0.1, -0.05) is 12.1 Å². The van der Waals surface area contributed by atoms with Gasteiger partial charge in [0.1, 0.15) is 17.3 Å². The van der Waals surface area contributed by atoms with Gasteiger partial charge in [-0.25, -0.2) is 4.39 Å². The molecule has 146 valence electrons. The molecule has 3 aromatic rings. The molecule has 2 N–H and O–H groups in total. The van der Waals surface area contributed by atoms with Crippen molar-refractivity contribution in [3.8, 4) is 11.5 Å². The Morgan fingerprint density at radius 2 is 1.89 bits per heavy atom. The molecule has 3 rings (SSSR count). The van der Waals surface area contributed by atoms with Crippen molar-refractivity contribution in [1.82, 2.24) is 14.7 Å². The lowest BCUT2D eigenvalue weighted by Gasteiger charge is -2.17. The van der Waals surface area contributed by atoms with Crippen molar-refractivity contribution in [2.24, 2.45) is 12.8 Å². The van der Waals surface area contributed by atoms with Gasteiger partial charge in [-0.2, -0.15) is 5.10 Å². The number of aromatic nitrogens is 2. The highest BCUT2D eigenvalue weighted by atomic mass is 19.1. The molecule has 0 saturated heterocycles. The van der Waals surface area contributed by atoms with Crippen LogP contribution in [0.15, 0.2) is 54.9 Å². The minimum Gasteiger partial charge on any atom is -0.457 e. The van der Waals surface area contributed by atoms with Crippen LogP contribution in [0.1, 0.15) is 21.5 Å². The van der Waals surface area contributed by atoms with E-state index in [4.69, 9.17) is 10.5 Å². The molecule has 1 heterocycles. The predicted molar refractivity (Wildman–Crippen MR) is 105 cm³/mol. The van der Waals surface area contributed by atoms with E-state index in [2.05, 4.69) is 5.10 Å². The number of benzene rings is 2. The zero-order valence-corrected chi connectivity index (χ0v) is 15.9. The molecule has 0 aliphatic heterocycles. The average Bonchev–Trinajstić information content (AvgIpc) is 3.09. The molecule has 0 aliphatic rings. The highest BCUT2D eigenvalue weighted by Crippen LogP contribution is 2.25. The number of carbonyl (C=O) groups is 1. The van der Waals surface area contributed by atoms with Crippen molar-refractivity contribution < 1.29 is 13.9 Å². The topological polar surface area (TPSA) is 73.4 Å². The van der Waals surface area contributed by atoms with Gasteiger partial charge in [0.15, 0.2) is 0 Å². The number of amides is 1. The van der Waals surface area contributed by atoms with Crippen molar-refractivity contribution in [3.05, 3.63) is 77.4 Å². The fourth-order valence-corrected chi connectivity index (χ4v) is 2.86. The second-order valence-corrected chi connectivity index (χ2v) is 6.61. The lowest BCUT2D eigenvalue weighted by atomic mass is 10.1. The molecule has 2 aromatic carbocycles. The number of ether oxygens (including phenoxy) is 1. The van der Waals surface area contributed by atoms with Gasteiger partial charge in [-0.15, -0.1) is 0 Å². The fraction of sp³-hybridized carbons (Fsp3) is 0.238. The number of nitrogens with zero attached hydrogens (tertiary/aromatic N) is 3. The number of nitrogens with two attached hydrogens (primary N) is 1. The van der Waals surface area contributed by atoms with Crippen molar-refractivity contribution >= 4 is 5.91 Å². The molecule has 28 heavy (non-hydrogen) atoms. The van der Waals surface area contributed by atoms with Gasteiger partial charge < -0.3 is 15.4 Å². The number of hydrogen-bond acceptors (Lipinski definition) is 4. The van der Waals surface area contributed by atoms with Gasteiger partial charge in [0.05, 0.1) is 11.8 Å². The quantitative estimate of drug-likeness (QED) is 0.681. The molecule has 0 saturated carbocycles. The first kappa shape index (κ1) is 19.6. The summed E-state index contributed by atoms with van der Waals surface area (Å²) in [5, 5.41) is 4.08. The van der Waals surface area contributed by atoms with Crippen LogP contribution >= 0.6 is 0 Å². The van der Waals surface area contributed by atoms with Crippen LogP contribution < -0.4 is 10.5 Å². The third kappa shape index (κ3) is 4.75. The molecule has 7 heteroatoms. The SMILES string of the molecule is CN(Cc1cnn(C)c1)C(=O)c1cc(Oc2ccc(CCN)cc2)ccc1F. The molecule has 0 atom stereocenters. The van der Waals surface area contributed by atoms with Crippen LogP contribution in [0.3, 0.4) is 0 Å². The Morgan fingerprint density at radius 1 is 1.18 bits per heavy atom. The van der Waals surface area contributed by atoms with Crippen molar-refractivity contribution in [2.45, 2.75) is 13.0 Å². The Bertz CT molecular complexity index is 953. The number of hydrogen-bond donors (Lipinski definition) is 1. The molecule has 0 spiro atoms. The zero-order valence-electron chi connectivity index (χ0n) is 15.9. The molecule has 6 nitrogen and oxygen atoms in total. The average molecular weight is 382 g/mol. The van der Waals surface area contributed by atoms with Crippen LogP contribution in [-0.2, 0) is 20.0 Å². The van der Waals surface area contributed by atoms with Crippen LogP contribution in [0, 0.1) is 5.82 Å². The maximum Gasteiger partial charge on any atom is 0.257 e. The van der Waals surface area contributed by atoms with E-state index in [-0.39, 0.29) is 5.56 Å². The van der Waals surface area contributed by atoms with Crippen LogP contribution in [-0.4, -0.2) is 34.2 Å². The Labute approximate surface area is 163 Å². The molecule has 1 amide bonds. The number of carbonyl (C=O) groups excluding carboxylic acids is 1. The Morgan fingerprint density at radius 3 is 2.54 bits per heavy atom. The molecule has 0 unspecified atom stereocenters. The van der Waals surface area contributed by atoms with Gasteiger partial charge in [-0.3, -0.25) is 9.48 Å². The lowest BCUT2D eigenvalue weighted by molar-refractivity contribution is 0.0780. The lowest BCUT2D eigenvalue weighted by Crippen LogP contribution is -2.26. The van der Waals surface area contributed by atoms with Crippen molar-refractivity contribution in [1.29, 1.82) is 0 Å². The fourth-order valence-electron chi connectivity index (χ4n) is 2.86. The maximum absolute atomic E-state index is 14.3. The van der Waals surface area contributed by atoms with Gasteiger partial charge in [0.2, 0.25) is 0 Å². The summed E-state index contributed by atoms with van der Waals surface area (Å²) in [5.74, 6) is -0.0145. The third-order valence-corrected chi connectivity index (χ3v) is 4.29. The minimum atomic E-state index is -0.589. The Balaban J connectivity index is 1.73. The summed E-state index contributed by atoms with van der Waals surface area (Å²) in [6.45, 7) is 0.913. The first-order valence-electron chi connectivity index (χ1n) is 8.95. The number of aryl methyl sites for hydroxylation is 1. The largest absolute Gasteiger partial charge is 0.457 e. The molecular formula is C21H23FN4O2. The second kappa shape index (κ2) is 8.67. The summed E-state index contributed by atoms with van der Waals surface area (Å²) in [7, 11) is 3.42. The standard InChI is InChI=1S/C21H23FN4O2/c1-25(13-16-12-24-26(2)14-16)21(27)19-11-18(7-8-20(19)22)28-17-5-3-15(4-6-17)9-10-23/h3-8,11-12,14H,9-10,13,23H2,1-2H3. The van der Waals surface area contributed by atoms with Gasteiger partial charge in [0.25, 0.3) is 5.91 Å². The van der Waals surface area contributed by atoms with Crippen molar-refractivity contribution in [2.75, 3.05) is 13.6 Å². The van der Waals surface area contributed by atoms with E-state index in [1.165, 1.54) is 23.1 Å². The van der Waals surface area contributed by atoms with Gasteiger partial charge in [0, 0.05) is 32.4 Å². The van der Waals surface area contributed by atoms with Crippen LogP contribution in [0.4, 0.5) is 4.39 Å². The van der Waals surface area contributed by atoms with Crippen molar-refractivity contribution in [3.63, 3.8) is 0 Å². The first-order chi connectivity index (χ1) is 13.5. The van der Waals surface area contributed by atoms with Crippen LogP contribution in [0.5, 0.6) is 11.5 Å². The van der Waals surface area contributed by atoms with E-state index < -0.39 is 11.7 Å². The Kier molecular flexibility index (Phi) is 6.06. The van der Waals surface area contributed by atoms with E-state index in [9.17, 15) is 9.18 Å². The number of halogens is 1. The van der Waals surface area contributed by atoms with E-state index >= 15 is 0 Å². The van der Waals surface area contributed by atoms with E-state index in [0.717, 1.165) is 17.5 Å². The normalized spacial score (nSPS) is 10.7. The number of rotatable bonds is 7. The molecule has 0 fully saturated rings. The minimum absolute atomic E-state index is 0.0383. The van der Waals surface area contributed by atoms with E-state index in [0.29, 0.717) is 24.6 Å². The summed E-state index contributed by atoms with van der Waals surface area (Å²) in [5.41, 5.74) is 7.49. The van der Waals surface area contributed by atoms with E-state index in [1.807, 2.05) is 30.5 Å². The summed E-state index contributed by atoms with van der Waals surface area (Å²) in [6.07, 6.45) is 4.28. The third-order valence-electron chi connectivity index (χ3n) is 4.29. The van der Waals surface area contributed by atoms with E-state index in [1.54, 1.807) is 25.0 Å². The summed E-state index contributed by atoms with van der Waals surface area (Å²) < 4.78 is 21.7. The Hall–Kier alpha value is -3.19. The first-order valence-corrected chi connectivity index (χ1v) is 8.95. The second-order valence-electron chi connectivity index (χ2n) is 6.61. The highest BCUT2D eigenvalue weighted by molar-refractivity contribution is 5.94. The van der Waals surface area contributed by atoms with Gasteiger partial charge in [-0.05, 0) is 48.9 Å². The molecule has 0 aliphatic carbocycles. The zero-order chi connectivity index (χ0) is 20.1. The monoisotopic (exact) mass is 382 g/mol. The molecular weight excluding hydrogens is 359 g/mol. The predicted octanol–water partition coefficient (Wildman–Crippen LogP) is 3.12. The maximum atomic E-state index is 14.3. The summed E-state index contributed by atoms with van der Waals surface area (Å²) in [4.78, 5) is 14.1. The molecule has 0 bridgehead atoms. The molecule has 1 aromatic heterocycles. The van der Waals surface area contributed by atoms with Crippen LogP contribution in [0.25, 0.3) is 0 Å². The summed E-state index contributed by atoms with van der Waals surface area (Å²) in [6, 6.07) is 11.7. The van der Waals surface area contributed by atoms with Crippen LogP contribution in [0.2, 0.25) is 0 Å². The highest BCUT2D eigenvalue weighted by Gasteiger charge is 2.18. The van der Waals surface area contributed by atoms with Gasteiger partial charge >= 0.3 is 0 Å². The molecule has 0 radical (unpaired) electrons. The smallest absolute Gasteiger partial charge is 0.257 e.